The Kier molecular flexibility index (Phi) is 26.7. The second kappa shape index (κ2) is 33.5. The maximum Gasteiger partial charge on any atom is 0.247 e. The van der Waals surface area contributed by atoms with Gasteiger partial charge < -0.3 is 62.5 Å². The molecular formula is C63H98N10O10. The molecule has 0 bridgehead atoms. The summed E-state index contributed by atoms with van der Waals surface area (Å²) >= 11 is 0. The molecule has 1 aliphatic carbocycles. The lowest BCUT2D eigenvalue weighted by Gasteiger charge is -2.33. The Hall–Kier alpha value is -5.96. The van der Waals surface area contributed by atoms with Crippen LogP contribution >= 0.6 is 0 Å². The van der Waals surface area contributed by atoms with Crippen molar-refractivity contribution in [2.75, 3.05) is 40.4 Å². The summed E-state index contributed by atoms with van der Waals surface area (Å²) in [7, 11) is 3.36. The summed E-state index contributed by atoms with van der Waals surface area (Å²) in [6.45, 7) is 10.1. The Labute approximate surface area is 492 Å². The van der Waals surface area contributed by atoms with Crippen molar-refractivity contribution >= 4 is 47.3 Å². The van der Waals surface area contributed by atoms with Crippen molar-refractivity contribution in [2.24, 2.45) is 23.7 Å². The fourth-order valence-electron chi connectivity index (χ4n) is 13.4. The minimum absolute atomic E-state index is 0.216. The molecule has 5 fully saturated rings. The fourth-order valence-corrected chi connectivity index (χ4v) is 13.4. The predicted molar refractivity (Wildman–Crippen MR) is 319 cm³/mol. The van der Waals surface area contributed by atoms with Gasteiger partial charge in [-0.2, -0.15) is 0 Å². The quantitative estimate of drug-likeness (QED) is 0.0388. The number of carbonyl (C=O) groups is 8. The van der Waals surface area contributed by atoms with E-state index < -0.39 is 77.9 Å². The number of aliphatic hydroxyl groups is 2. The van der Waals surface area contributed by atoms with Gasteiger partial charge in [0.15, 0.2) is 0 Å². The van der Waals surface area contributed by atoms with E-state index in [9.17, 15) is 48.6 Å². The number of hydrogen-bond donors (Lipinski definition) is 10. The zero-order valence-electron chi connectivity index (χ0n) is 50.0. The van der Waals surface area contributed by atoms with E-state index in [1.54, 1.807) is 48.2 Å². The van der Waals surface area contributed by atoms with Gasteiger partial charge >= 0.3 is 0 Å². The summed E-state index contributed by atoms with van der Waals surface area (Å²) in [5.41, 5.74) is 1.03. The number of hydrogen-bond acceptors (Lipinski definition) is 12. The lowest BCUT2D eigenvalue weighted by Crippen LogP contribution is -2.59. The van der Waals surface area contributed by atoms with Crippen molar-refractivity contribution in [1.29, 1.82) is 0 Å². The van der Waals surface area contributed by atoms with Crippen LogP contribution in [0.15, 0.2) is 66.8 Å². The van der Waals surface area contributed by atoms with Crippen LogP contribution in [-0.4, -0.2) is 162 Å². The van der Waals surface area contributed by atoms with Crippen LogP contribution in [0.4, 0.5) is 0 Å². The molecule has 5 aliphatic rings. The van der Waals surface area contributed by atoms with E-state index in [1.807, 2.05) is 51.1 Å². The highest BCUT2D eigenvalue weighted by molar-refractivity contribution is 5.98. The van der Waals surface area contributed by atoms with Crippen molar-refractivity contribution in [3.8, 4) is 0 Å². The van der Waals surface area contributed by atoms with Crippen molar-refractivity contribution in [2.45, 2.75) is 210 Å². The Morgan fingerprint density at radius 2 is 1.06 bits per heavy atom. The second-order valence-electron chi connectivity index (χ2n) is 23.7. The van der Waals surface area contributed by atoms with Crippen LogP contribution in [0.1, 0.15) is 161 Å². The first-order chi connectivity index (χ1) is 40.1. The van der Waals surface area contributed by atoms with Gasteiger partial charge in [0.2, 0.25) is 47.3 Å². The third-order valence-electron chi connectivity index (χ3n) is 18.4. The van der Waals surface area contributed by atoms with Gasteiger partial charge in [0.25, 0.3) is 0 Å². The fraction of sp³-hybridized carbons (Fsp3) is 0.683. The van der Waals surface area contributed by atoms with Gasteiger partial charge in [0, 0.05) is 50.2 Å². The summed E-state index contributed by atoms with van der Waals surface area (Å²) < 4.78 is 0. The first-order valence-corrected chi connectivity index (χ1v) is 31.1. The van der Waals surface area contributed by atoms with Crippen LogP contribution in [-0.2, 0) is 38.4 Å². The first kappa shape index (κ1) is 66.2. The maximum atomic E-state index is 14.2. The Bertz CT molecular complexity index is 2390. The molecule has 0 aromatic heterocycles. The van der Waals surface area contributed by atoms with Crippen molar-refractivity contribution in [3.05, 3.63) is 72.4 Å². The molecule has 20 nitrogen and oxygen atoms in total. The van der Waals surface area contributed by atoms with Crippen LogP contribution in [0.2, 0.25) is 0 Å². The SMILES string of the molecule is C=C(/C=C\C=C/C)[C@H](NC(=O)[C@@H]1CC[C@@H]2CC[C@H](CO)[C@H](NC(=O)[C@H](CC)NC)C(=O)N21)C(=O)NCCCCC1CCC(CCCCNC(=O)[C@@H](NC(=O)[C@@H]2CC[C@@H]3CC[C@H](CO)[C@H](NC(=O)[C@H](CC)NC)C(=O)N32)c2ccccc2)CC1. The molecule has 20 heteroatoms. The molecule has 1 saturated carbocycles. The highest BCUT2D eigenvalue weighted by Crippen LogP contribution is 2.37. The van der Waals surface area contributed by atoms with Crippen LogP contribution in [0.5, 0.6) is 0 Å². The van der Waals surface area contributed by atoms with E-state index in [1.165, 1.54) is 0 Å². The number of aliphatic hydroxyl groups excluding tert-OH is 2. The molecule has 6 rings (SSSR count). The normalized spacial score (nSPS) is 26.9. The third kappa shape index (κ3) is 17.8. The smallest absolute Gasteiger partial charge is 0.247 e. The molecular weight excluding hydrogens is 1060 g/mol. The lowest BCUT2D eigenvalue weighted by molar-refractivity contribution is -0.144. The van der Waals surface area contributed by atoms with Gasteiger partial charge in [-0.25, -0.2) is 0 Å². The van der Waals surface area contributed by atoms with E-state index in [-0.39, 0.29) is 54.8 Å². The van der Waals surface area contributed by atoms with Gasteiger partial charge in [-0.3, -0.25) is 38.4 Å². The Morgan fingerprint density at radius 3 is 1.51 bits per heavy atom. The Morgan fingerprint density at radius 1 is 0.602 bits per heavy atom. The molecule has 12 atom stereocenters. The van der Waals surface area contributed by atoms with E-state index in [4.69, 9.17) is 0 Å². The minimum Gasteiger partial charge on any atom is -0.396 e. The van der Waals surface area contributed by atoms with Crippen molar-refractivity contribution in [1.82, 2.24) is 52.3 Å². The summed E-state index contributed by atoms with van der Waals surface area (Å²) in [5, 5.41) is 44.3. The number of amides is 8. The summed E-state index contributed by atoms with van der Waals surface area (Å²) in [5.74, 6) is -2.81. The van der Waals surface area contributed by atoms with E-state index in [2.05, 4.69) is 49.1 Å². The molecule has 4 heterocycles. The van der Waals surface area contributed by atoms with Crippen LogP contribution in [0, 0.1) is 23.7 Å². The van der Waals surface area contributed by atoms with Crippen molar-refractivity contribution in [3.63, 3.8) is 0 Å². The number of fused-ring (bicyclic) bond motifs is 2. The van der Waals surface area contributed by atoms with Gasteiger partial charge in [0.1, 0.15) is 36.3 Å². The molecule has 83 heavy (non-hydrogen) atoms. The second-order valence-corrected chi connectivity index (χ2v) is 23.7. The van der Waals surface area contributed by atoms with E-state index in [0.29, 0.717) is 100 Å². The zero-order valence-corrected chi connectivity index (χ0v) is 50.0. The Balaban J connectivity index is 0.921. The zero-order chi connectivity index (χ0) is 60.0. The standard InChI is InChI=1S/C63H98N10O10/c1-7-10-12-19-40(4)52(68-58(78)50-34-32-46-30-28-44(38-74)54(62(82)72(46)50)70-56(76)48(8-2)64-5)60(80)66-36-17-15-20-41-24-26-42(27-25-41)21-16-18-37-67-61(81)53(43-22-13-11-14-23-43)69-59(79)51-35-33-47-31-29-45(39-75)55(63(83)73(47)51)71-57(77)49(9-3)65-6/h7,10-14,19,22-23,41-42,44-55,64-65,74-75H,4,8-9,15-18,20-21,24-39H2,1-3,5-6H3,(H,66,80)(H,67,81)(H,68,78)(H,69,79)(H,70,76)(H,71,77)/b10-7-,19-12-/t41?,42?,44-,45-,46+,47+,48+,49+,50+,51+,52+,53+,54+,55+/m1/s1. The van der Waals surface area contributed by atoms with Gasteiger partial charge in [-0.1, -0.05) is 126 Å². The molecule has 8 amide bonds. The van der Waals surface area contributed by atoms with Crippen LogP contribution in [0.3, 0.4) is 0 Å². The number of rotatable bonds is 30. The average molecular weight is 1160 g/mol. The average Bonchev–Trinajstić information content (AvgIpc) is 4.32. The summed E-state index contributed by atoms with van der Waals surface area (Å²) in [6.07, 6.45) is 22.5. The number of allylic oxidation sites excluding steroid dienone is 3. The summed E-state index contributed by atoms with van der Waals surface area (Å²) in [4.78, 5) is 114. The highest BCUT2D eigenvalue weighted by atomic mass is 16.3. The molecule has 460 valence electrons. The monoisotopic (exact) mass is 1150 g/mol. The molecule has 1 aromatic carbocycles. The number of carbonyl (C=O) groups excluding carboxylic acids is 8. The first-order valence-electron chi connectivity index (χ1n) is 31.1. The number of nitrogens with one attached hydrogen (secondary N) is 8. The molecule has 4 saturated heterocycles. The number of unbranched alkanes of at least 4 members (excludes halogenated alkanes) is 2. The van der Waals surface area contributed by atoms with Crippen molar-refractivity contribution < 1.29 is 48.6 Å². The molecule has 1 aromatic rings. The van der Waals surface area contributed by atoms with E-state index in [0.717, 1.165) is 64.2 Å². The van der Waals surface area contributed by atoms with Crippen LogP contribution < -0.4 is 42.5 Å². The molecule has 0 radical (unpaired) electrons. The van der Waals surface area contributed by atoms with Gasteiger partial charge in [0.05, 0.1) is 12.1 Å². The van der Waals surface area contributed by atoms with Gasteiger partial charge in [-0.05, 0) is 121 Å². The highest BCUT2D eigenvalue weighted by Gasteiger charge is 2.50. The largest absolute Gasteiger partial charge is 0.396 e. The molecule has 0 unspecified atom stereocenters. The van der Waals surface area contributed by atoms with Crippen LogP contribution in [0.25, 0.3) is 0 Å². The molecule has 0 spiro atoms. The topological polar surface area (TPSA) is 280 Å². The molecule has 10 N–H and O–H groups in total. The molecule has 4 aliphatic heterocycles. The lowest BCUT2D eigenvalue weighted by atomic mass is 9.78. The number of benzene rings is 1. The summed E-state index contributed by atoms with van der Waals surface area (Å²) in [6, 6.07) is 1.94. The minimum atomic E-state index is -1.07. The third-order valence-corrected chi connectivity index (χ3v) is 18.4. The predicted octanol–water partition coefficient (Wildman–Crippen LogP) is 3.89. The van der Waals surface area contributed by atoms with Gasteiger partial charge in [-0.15, -0.1) is 0 Å². The number of nitrogens with zero attached hydrogens (tertiary/aromatic N) is 2. The van der Waals surface area contributed by atoms with E-state index >= 15 is 0 Å². The maximum absolute atomic E-state index is 14.2. The number of likely N-dealkylation sites (N-methyl/N-ethyl adjacent to an activating group) is 2.